The summed E-state index contributed by atoms with van der Waals surface area (Å²) in [4.78, 5) is 12.0. The summed E-state index contributed by atoms with van der Waals surface area (Å²) in [7, 11) is 0. The largest absolute Gasteiger partial charge is 0.467 e. The molecule has 0 spiro atoms. The van der Waals surface area contributed by atoms with E-state index < -0.39 is 0 Å². The summed E-state index contributed by atoms with van der Waals surface area (Å²) in [6.45, 7) is 2.11. The van der Waals surface area contributed by atoms with Crippen molar-refractivity contribution in [2.24, 2.45) is 0 Å². The lowest BCUT2D eigenvalue weighted by Gasteiger charge is -2.08. The molecule has 0 aromatic carbocycles. The zero-order valence-corrected chi connectivity index (χ0v) is 12.5. The average Bonchev–Trinajstić information content (AvgIpc) is 3.25. The first kappa shape index (κ1) is 14.5. The number of nitrogens with one attached hydrogen (secondary N) is 1. The Hall–Kier alpha value is -2.48. The van der Waals surface area contributed by atoms with E-state index in [-0.39, 0.29) is 17.0 Å². The molecule has 7 nitrogen and oxygen atoms in total. The van der Waals surface area contributed by atoms with Crippen molar-refractivity contribution >= 4 is 17.7 Å². The Morgan fingerprint density at radius 1 is 1.27 bits per heavy atom. The van der Waals surface area contributed by atoms with Gasteiger partial charge in [0.05, 0.1) is 24.3 Å². The molecule has 3 rings (SSSR count). The summed E-state index contributed by atoms with van der Waals surface area (Å²) in [6.07, 6.45) is 3.09. The smallest absolute Gasteiger partial charge is 0.284 e. The van der Waals surface area contributed by atoms with Crippen LogP contribution in [0.2, 0.25) is 0 Å². The van der Waals surface area contributed by atoms with Gasteiger partial charge in [-0.3, -0.25) is 4.79 Å². The van der Waals surface area contributed by atoms with Gasteiger partial charge < -0.3 is 18.6 Å². The number of furan rings is 2. The Morgan fingerprint density at radius 3 is 2.82 bits per heavy atom. The first-order valence-electron chi connectivity index (χ1n) is 6.56. The highest BCUT2D eigenvalue weighted by atomic mass is 32.2. The molecule has 3 aromatic rings. The number of rotatable bonds is 6. The van der Waals surface area contributed by atoms with Crippen molar-refractivity contribution in [3.05, 3.63) is 42.6 Å². The third kappa shape index (κ3) is 3.40. The SMILES string of the molecule is C[C@H](Sc1nnc(-c2ccco2)o1)C(=O)NCc1ccco1. The molecule has 0 unspecified atom stereocenters. The average molecular weight is 319 g/mol. The van der Waals surface area contributed by atoms with E-state index in [1.54, 1.807) is 37.5 Å². The number of carbonyl (C=O) groups excluding carboxylic acids is 1. The molecule has 0 bridgehead atoms. The minimum Gasteiger partial charge on any atom is -0.467 e. The van der Waals surface area contributed by atoms with Crippen LogP contribution >= 0.6 is 11.8 Å². The second-order valence-electron chi connectivity index (χ2n) is 4.41. The van der Waals surface area contributed by atoms with Gasteiger partial charge in [0, 0.05) is 0 Å². The Balaban J connectivity index is 1.54. The van der Waals surface area contributed by atoms with E-state index in [0.717, 1.165) is 0 Å². The molecule has 0 radical (unpaired) electrons. The van der Waals surface area contributed by atoms with Crippen LogP contribution in [0.3, 0.4) is 0 Å². The summed E-state index contributed by atoms with van der Waals surface area (Å²) in [5.74, 6) is 1.34. The highest BCUT2D eigenvalue weighted by molar-refractivity contribution is 8.00. The predicted octanol–water partition coefficient (Wildman–Crippen LogP) is 2.72. The van der Waals surface area contributed by atoms with Crippen LogP contribution in [0.4, 0.5) is 0 Å². The van der Waals surface area contributed by atoms with Crippen molar-refractivity contribution in [3.63, 3.8) is 0 Å². The standard InChI is InChI=1S/C14H13N3O4S/c1-9(12(18)15-8-10-4-2-6-19-10)22-14-17-16-13(21-14)11-5-3-7-20-11/h2-7,9H,8H2,1H3,(H,15,18)/t9-/m0/s1. The van der Waals surface area contributed by atoms with E-state index in [1.165, 1.54) is 18.0 Å². The molecule has 0 aliphatic carbocycles. The lowest BCUT2D eigenvalue weighted by molar-refractivity contribution is -0.120. The second-order valence-corrected chi connectivity index (χ2v) is 5.70. The van der Waals surface area contributed by atoms with Crippen LogP contribution in [-0.4, -0.2) is 21.4 Å². The van der Waals surface area contributed by atoms with Gasteiger partial charge in [0.2, 0.25) is 5.91 Å². The number of thioether (sulfide) groups is 1. The van der Waals surface area contributed by atoms with Crippen molar-refractivity contribution in [3.8, 4) is 11.7 Å². The number of amides is 1. The summed E-state index contributed by atoms with van der Waals surface area (Å²) in [5, 5.41) is 10.5. The zero-order valence-electron chi connectivity index (χ0n) is 11.7. The van der Waals surface area contributed by atoms with Crippen LogP contribution in [0, 0.1) is 0 Å². The van der Waals surface area contributed by atoms with Crippen LogP contribution in [0.1, 0.15) is 12.7 Å². The van der Waals surface area contributed by atoms with E-state index in [4.69, 9.17) is 13.3 Å². The van der Waals surface area contributed by atoms with Crippen molar-refractivity contribution < 1.29 is 18.0 Å². The van der Waals surface area contributed by atoms with Crippen molar-refractivity contribution in [2.75, 3.05) is 0 Å². The number of carbonyl (C=O) groups is 1. The Morgan fingerprint density at radius 2 is 2.09 bits per heavy atom. The van der Waals surface area contributed by atoms with E-state index in [0.29, 0.717) is 23.3 Å². The Labute approximate surface area is 130 Å². The highest BCUT2D eigenvalue weighted by Gasteiger charge is 2.19. The molecule has 0 saturated carbocycles. The Bertz CT molecular complexity index is 721. The maximum Gasteiger partial charge on any atom is 0.284 e. The fourth-order valence-corrected chi connectivity index (χ4v) is 2.40. The predicted molar refractivity (Wildman–Crippen MR) is 77.9 cm³/mol. The molecule has 3 aromatic heterocycles. The molecule has 1 atom stereocenters. The molecule has 22 heavy (non-hydrogen) atoms. The summed E-state index contributed by atoms with van der Waals surface area (Å²) in [6, 6.07) is 7.03. The lowest BCUT2D eigenvalue weighted by atomic mass is 10.4. The minimum absolute atomic E-state index is 0.140. The van der Waals surface area contributed by atoms with Gasteiger partial charge in [-0.25, -0.2) is 0 Å². The maximum atomic E-state index is 12.0. The molecule has 0 fully saturated rings. The van der Waals surface area contributed by atoms with Gasteiger partial charge in [0.1, 0.15) is 5.76 Å². The van der Waals surface area contributed by atoms with Crippen molar-refractivity contribution in [1.82, 2.24) is 15.5 Å². The van der Waals surface area contributed by atoms with E-state index in [2.05, 4.69) is 15.5 Å². The lowest BCUT2D eigenvalue weighted by Crippen LogP contribution is -2.30. The topological polar surface area (TPSA) is 94.3 Å². The van der Waals surface area contributed by atoms with E-state index in [1.807, 2.05) is 0 Å². The van der Waals surface area contributed by atoms with Gasteiger partial charge in [0.25, 0.3) is 11.1 Å². The maximum absolute atomic E-state index is 12.0. The summed E-state index contributed by atoms with van der Waals surface area (Å²) >= 11 is 1.18. The second kappa shape index (κ2) is 6.52. The van der Waals surface area contributed by atoms with Gasteiger partial charge in [-0.15, -0.1) is 10.2 Å². The third-order valence-electron chi connectivity index (χ3n) is 2.80. The van der Waals surface area contributed by atoms with Gasteiger partial charge in [0.15, 0.2) is 5.76 Å². The van der Waals surface area contributed by atoms with Crippen LogP contribution < -0.4 is 5.32 Å². The van der Waals surface area contributed by atoms with Crippen LogP contribution in [0.25, 0.3) is 11.7 Å². The molecule has 0 saturated heterocycles. The molecular formula is C14H13N3O4S. The molecule has 8 heteroatoms. The quantitative estimate of drug-likeness (QED) is 0.698. The molecule has 1 amide bonds. The monoisotopic (exact) mass is 319 g/mol. The number of aromatic nitrogens is 2. The van der Waals surface area contributed by atoms with Crippen LogP contribution in [0.15, 0.2) is 55.3 Å². The summed E-state index contributed by atoms with van der Waals surface area (Å²) < 4.78 is 15.8. The van der Waals surface area contributed by atoms with Gasteiger partial charge >= 0.3 is 0 Å². The number of hydrogen-bond donors (Lipinski definition) is 1. The Kier molecular flexibility index (Phi) is 4.29. The molecule has 3 heterocycles. The van der Waals surface area contributed by atoms with E-state index >= 15 is 0 Å². The van der Waals surface area contributed by atoms with Crippen molar-refractivity contribution in [1.29, 1.82) is 0 Å². The molecule has 1 N–H and O–H groups in total. The minimum atomic E-state index is -0.375. The third-order valence-corrected chi connectivity index (χ3v) is 3.74. The van der Waals surface area contributed by atoms with Gasteiger partial charge in [-0.2, -0.15) is 0 Å². The van der Waals surface area contributed by atoms with Gasteiger partial charge in [-0.1, -0.05) is 11.8 Å². The zero-order chi connectivity index (χ0) is 15.4. The fraction of sp³-hybridized carbons (Fsp3) is 0.214. The van der Waals surface area contributed by atoms with E-state index in [9.17, 15) is 4.79 Å². The first-order valence-corrected chi connectivity index (χ1v) is 7.44. The molecular weight excluding hydrogens is 306 g/mol. The van der Waals surface area contributed by atoms with Crippen molar-refractivity contribution in [2.45, 2.75) is 23.9 Å². The first-order chi connectivity index (χ1) is 10.7. The van der Waals surface area contributed by atoms with Crippen LogP contribution in [0.5, 0.6) is 0 Å². The number of hydrogen-bond acceptors (Lipinski definition) is 7. The fourth-order valence-electron chi connectivity index (χ4n) is 1.69. The van der Waals surface area contributed by atoms with Crippen LogP contribution in [-0.2, 0) is 11.3 Å². The number of nitrogens with zero attached hydrogens (tertiary/aromatic N) is 2. The molecule has 114 valence electrons. The van der Waals surface area contributed by atoms with Gasteiger partial charge in [-0.05, 0) is 31.2 Å². The highest BCUT2D eigenvalue weighted by Crippen LogP contribution is 2.26. The normalized spacial score (nSPS) is 12.2. The summed E-state index contributed by atoms with van der Waals surface area (Å²) in [5.41, 5.74) is 0. The molecule has 0 aliphatic rings. The molecule has 0 aliphatic heterocycles.